The van der Waals surface area contributed by atoms with Gasteiger partial charge in [0.15, 0.2) is 0 Å². The van der Waals surface area contributed by atoms with Gasteiger partial charge in [0.25, 0.3) is 0 Å². The number of nitrogens with zero attached hydrogens (tertiary/aromatic N) is 1. The first-order chi connectivity index (χ1) is 8.88. The first-order valence-electron chi connectivity index (χ1n) is 6.90. The van der Waals surface area contributed by atoms with Gasteiger partial charge in [0.1, 0.15) is 5.75 Å². The molecule has 1 saturated carbocycles. The van der Waals surface area contributed by atoms with Crippen LogP contribution in [0.4, 0.5) is 0 Å². The molecular weight excluding hydrogens is 290 g/mol. The van der Waals surface area contributed by atoms with Gasteiger partial charge in [-0.15, -0.1) is 0 Å². The molecule has 1 aliphatic heterocycles. The molecule has 3 rings (SSSR count). The number of ether oxygens (including phenoxy) is 1. The van der Waals surface area contributed by atoms with Crippen molar-refractivity contribution in [2.45, 2.75) is 31.2 Å². The summed E-state index contributed by atoms with van der Waals surface area (Å²) in [5, 5.41) is 1.07. The second kappa shape index (κ2) is 5.62. The van der Waals surface area contributed by atoms with E-state index in [-0.39, 0.29) is 0 Å². The van der Waals surface area contributed by atoms with Crippen LogP contribution in [0.25, 0.3) is 0 Å². The van der Waals surface area contributed by atoms with Crippen LogP contribution < -0.4 is 4.74 Å². The largest absolute Gasteiger partial charge is 0.493 e. The van der Waals surface area contributed by atoms with E-state index in [4.69, 9.17) is 4.74 Å². The van der Waals surface area contributed by atoms with Gasteiger partial charge in [-0.25, -0.2) is 0 Å². The first-order valence-corrected chi connectivity index (χ1v) is 8.02. The lowest BCUT2D eigenvalue weighted by Gasteiger charge is -2.38. The highest BCUT2D eigenvalue weighted by Crippen LogP contribution is 2.35. The van der Waals surface area contributed by atoms with Crippen molar-refractivity contribution in [3.63, 3.8) is 0 Å². The predicted molar refractivity (Wildman–Crippen MR) is 77.7 cm³/mol. The second-order valence-electron chi connectivity index (χ2n) is 5.31. The standard InChI is InChI=1S/C15H20BrNO/c16-8-9-17(13-4-3-5-13)10-12-11-18-15-7-2-1-6-14(12)15/h1-2,6-7,12-13H,3-5,8-11H2. The Morgan fingerprint density at radius 1 is 1.28 bits per heavy atom. The number of para-hydroxylation sites is 1. The number of alkyl halides is 1. The number of benzene rings is 1. The van der Waals surface area contributed by atoms with Gasteiger partial charge in [-0.3, -0.25) is 4.90 Å². The summed E-state index contributed by atoms with van der Waals surface area (Å²) < 4.78 is 5.78. The van der Waals surface area contributed by atoms with E-state index < -0.39 is 0 Å². The minimum Gasteiger partial charge on any atom is -0.493 e. The summed E-state index contributed by atoms with van der Waals surface area (Å²) in [5.74, 6) is 1.65. The average Bonchev–Trinajstić information content (AvgIpc) is 2.71. The second-order valence-corrected chi connectivity index (χ2v) is 6.11. The molecule has 1 heterocycles. The van der Waals surface area contributed by atoms with Crippen LogP contribution in [0.2, 0.25) is 0 Å². The number of hydrogen-bond donors (Lipinski definition) is 0. The van der Waals surface area contributed by atoms with Crippen LogP contribution in [0.15, 0.2) is 24.3 Å². The molecule has 18 heavy (non-hydrogen) atoms. The Kier molecular flexibility index (Phi) is 3.90. The summed E-state index contributed by atoms with van der Waals surface area (Å²) in [6.45, 7) is 3.15. The van der Waals surface area contributed by atoms with E-state index in [1.807, 2.05) is 0 Å². The Hall–Kier alpha value is -0.540. The molecule has 1 fully saturated rings. The fourth-order valence-electron chi connectivity index (χ4n) is 2.95. The number of fused-ring (bicyclic) bond motifs is 1. The normalized spacial score (nSPS) is 22.7. The number of halogens is 1. The number of rotatable bonds is 5. The highest BCUT2D eigenvalue weighted by Gasteiger charge is 2.30. The minimum absolute atomic E-state index is 0.556. The summed E-state index contributed by atoms with van der Waals surface area (Å²) in [6.07, 6.45) is 4.16. The van der Waals surface area contributed by atoms with Crippen LogP contribution in [-0.4, -0.2) is 36.0 Å². The van der Waals surface area contributed by atoms with Gasteiger partial charge < -0.3 is 4.74 Å². The lowest BCUT2D eigenvalue weighted by Crippen LogP contribution is -2.43. The number of hydrogen-bond acceptors (Lipinski definition) is 2. The summed E-state index contributed by atoms with van der Waals surface area (Å²) in [6, 6.07) is 9.31. The van der Waals surface area contributed by atoms with E-state index in [1.54, 1.807) is 0 Å². The summed E-state index contributed by atoms with van der Waals surface area (Å²) >= 11 is 3.58. The van der Waals surface area contributed by atoms with Crippen molar-refractivity contribution < 1.29 is 4.74 Å². The predicted octanol–water partition coefficient (Wildman–Crippen LogP) is 3.41. The van der Waals surface area contributed by atoms with Crippen molar-refractivity contribution in [1.29, 1.82) is 0 Å². The molecule has 0 saturated heterocycles. The molecular formula is C15H20BrNO. The third-order valence-electron chi connectivity index (χ3n) is 4.22. The minimum atomic E-state index is 0.556. The van der Waals surface area contributed by atoms with E-state index in [0.29, 0.717) is 5.92 Å². The maximum Gasteiger partial charge on any atom is 0.122 e. The summed E-state index contributed by atoms with van der Waals surface area (Å²) in [7, 11) is 0. The van der Waals surface area contributed by atoms with E-state index in [1.165, 1.54) is 24.8 Å². The van der Waals surface area contributed by atoms with Crippen LogP contribution in [0.3, 0.4) is 0 Å². The Bertz CT molecular complexity index is 405. The highest BCUT2D eigenvalue weighted by molar-refractivity contribution is 9.09. The van der Waals surface area contributed by atoms with Crippen LogP contribution in [0, 0.1) is 0 Å². The zero-order valence-electron chi connectivity index (χ0n) is 10.6. The molecule has 1 aromatic carbocycles. The Morgan fingerprint density at radius 2 is 2.11 bits per heavy atom. The fourth-order valence-corrected chi connectivity index (χ4v) is 3.40. The maximum absolute atomic E-state index is 5.78. The molecule has 0 bridgehead atoms. The van der Waals surface area contributed by atoms with Crippen LogP contribution in [0.1, 0.15) is 30.7 Å². The lowest BCUT2D eigenvalue weighted by molar-refractivity contribution is 0.123. The van der Waals surface area contributed by atoms with Crippen LogP contribution >= 0.6 is 15.9 Å². The zero-order valence-corrected chi connectivity index (χ0v) is 12.2. The van der Waals surface area contributed by atoms with E-state index >= 15 is 0 Å². The summed E-state index contributed by atoms with van der Waals surface area (Å²) in [4.78, 5) is 2.65. The molecule has 0 aromatic heterocycles. The van der Waals surface area contributed by atoms with Gasteiger partial charge in [0.2, 0.25) is 0 Å². The molecule has 1 aromatic rings. The highest BCUT2D eigenvalue weighted by atomic mass is 79.9. The molecule has 1 aliphatic carbocycles. The third-order valence-corrected chi connectivity index (χ3v) is 4.57. The third kappa shape index (κ3) is 2.43. The molecule has 2 nitrogen and oxygen atoms in total. The van der Waals surface area contributed by atoms with Gasteiger partial charge in [0.05, 0.1) is 6.61 Å². The summed E-state index contributed by atoms with van der Waals surface area (Å²) in [5.41, 5.74) is 1.40. The van der Waals surface area contributed by atoms with Crippen LogP contribution in [-0.2, 0) is 0 Å². The fraction of sp³-hybridized carbons (Fsp3) is 0.600. The molecule has 0 amide bonds. The maximum atomic E-state index is 5.78. The van der Waals surface area contributed by atoms with Crippen molar-refractivity contribution in [2.75, 3.05) is 25.0 Å². The SMILES string of the molecule is BrCCN(CC1COc2ccccc21)C1CCC1. The van der Waals surface area contributed by atoms with Crippen molar-refractivity contribution in [3.8, 4) is 5.75 Å². The molecule has 0 radical (unpaired) electrons. The molecule has 1 unspecified atom stereocenters. The quantitative estimate of drug-likeness (QED) is 0.773. The monoisotopic (exact) mass is 309 g/mol. The lowest BCUT2D eigenvalue weighted by atomic mass is 9.90. The van der Waals surface area contributed by atoms with Gasteiger partial charge in [0, 0.05) is 35.9 Å². The molecule has 0 spiro atoms. The van der Waals surface area contributed by atoms with Crippen LogP contribution in [0.5, 0.6) is 5.75 Å². The van der Waals surface area contributed by atoms with E-state index in [2.05, 4.69) is 45.1 Å². The zero-order chi connectivity index (χ0) is 12.4. The van der Waals surface area contributed by atoms with Gasteiger partial charge >= 0.3 is 0 Å². The van der Waals surface area contributed by atoms with E-state index in [0.717, 1.165) is 36.8 Å². The molecule has 3 heteroatoms. The smallest absolute Gasteiger partial charge is 0.122 e. The van der Waals surface area contributed by atoms with Crippen molar-refractivity contribution in [2.24, 2.45) is 0 Å². The molecule has 1 atom stereocenters. The Balaban J connectivity index is 1.68. The van der Waals surface area contributed by atoms with Gasteiger partial charge in [-0.05, 0) is 18.9 Å². The van der Waals surface area contributed by atoms with Crippen molar-refractivity contribution in [1.82, 2.24) is 4.90 Å². The average molecular weight is 310 g/mol. The molecule has 98 valence electrons. The van der Waals surface area contributed by atoms with E-state index in [9.17, 15) is 0 Å². The van der Waals surface area contributed by atoms with Crippen molar-refractivity contribution >= 4 is 15.9 Å². The molecule has 2 aliphatic rings. The Morgan fingerprint density at radius 3 is 2.83 bits per heavy atom. The Labute approximate surface area is 117 Å². The van der Waals surface area contributed by atoms with Gasteiger partial charge in [-0.1, -0.05) is 40.5 Å². The van der Waals surface area contributed by atoms with Gasteiger partial charge in [-0.2, -0.15) is 0 Å². The van der Waals surface area contributed by atoms with Crippen molar-refractivity contribution in [3.05, 3.63) is 29.8 Å². The topological polar surface area (TPSA) is 12.5 Å². The first kappa shape index (κ1) is 12.5. The molecule has 0 N–H and O–H groups in total.